The Morgan fingerprint density at radius 1 is 1.20 bits per heavy atom. The number of anilines is 1. The van der Waals surface area contributed by atoms with Gasteiger partial charge in [-0.05, 0) is 41.5 Å². The molecule has 0 fully saturated rings. The van der Waals surface area contributed by atoms with Crippen molar-refractivity contribution in [2.75, 3.05) is 11.6 Å². The van der Waals surface area contributed by atoms with Gasteiger partial charge in [-0.15, -0.1) is 0 Å². The zero-order chi connectivity index (χ0) is 14.5. The molecule has 2 aromatic rings. The van der Waals surface area contributed by atoms with E-state index in [2.05, 4.69) is 5.32 Å². The molecule has 0 aliphatic rings. The lowest BCUT2D eigenvalue weighted by Gasteiger charge is -2.09. The quantitative estimate of drug-likeness (QED) is 0.905. The summed E-state index contributed by atoms with van der Waals surface area (Å²) >= 11 is 6.07. The summed E-state index contributed by atoms with van der Waals surface area (Å²) in [5.41, 5.74) is 2.75. The van der Waals surface area contributed by atoms with Crippen LogP contribution in [0, 0.1) is 5.82 Å². The molecule has 0 aliphatic heterocycles. The van der Waals surface area contributed by atoms with Gasteiger partial charge in [0.25, 0.3) is 0 Å². The maximum Gasteiger partial charge on any atom is 0.123 e. The molecular formula is C15H15ClFNOS. The Kier molecular flexibility index (Phi) is 5.15. The van der Waals surface area contributed by atoms with E-state index in [9.17, 15) is 8.60 Å². The summed E-state index contributed by atoms with van der Waals surface area (Å²) in [6, 6.07) is 11.9. The zero-order valence-corrected chi connectivity index (χ0v) is 12.6. The van der Waals surface area contributed by atoms with E-state index in [1.807, 2.05) is 12.1 Å². The number of rotatable bonds is 5. The average Bonchev–Trinajstić information content (AvgIpc) is 2.41. The van der Waals surface area contributed by atoms with Gasteiger partial charge < -0.3 is 5.32 Å². The van der Waals surface area contributed by atoms with Gasteiger partial charge in [0.05, 0.1) is 0 Å². The molecule has 0 saturated heterocycles. The molecular weight excluding hydrogens is 297 g/mol. The Morgan fingerprint density at radius 2 is 1.90 bits per heavy atom. The van der Waals surface area contributed by atoms with E-state index in [4.69, 9.17) is 11.6 Å². The van der Waals surface area contributed by atoms with Crippen molar-refractivity contribution >= 4 is 28.1 Å². The van der Waals surface area contributed by atoms with Crippen LogP contribution in [0.1, 0.15) is 11.1 Å². The van der Waals surface area contributed by atoms with Crippen LogP contribution in [0.25, 0.3) is 0 Å². The van der Waals surface area contributed by atoms with Crippen LogP contribution in [0.3, 0.4) is 0 Å². The summed E-state index contributed by atoms with van der Waals surface area (Å²) in [6.07, 6.45) is 1.65. The molecule has 0 amide bonds. The SMILES string of the molecule is C[S@](=O)Cc1cc(NCc2ccc(F)cc2)ccc1Cl. The standard InChI is InChI=1S/C15H15ClFNOS/c1-20(19)10-12-8-14(6-7-15(12)16)18-9-11-2-4-13(17)5-3-11/h2-8,18H,9-10H2,1H3/t20-/m0/s1. The molecule has 0 unspecified atom stereocenters. The molecule has 1 atom stereocenters. The first-order valence-electron chi connectivity index (χ1n) is 6.11. The first kappa shape index (κ1) is 15.0. The molecule has 20 heavy (non-hydrogen) atoms. The second-order valence-corrected chi connectivity index (χ2v) is 6.35. The van der Waals surface area contributed by atoms with Crippen LogP contribution in [0.2, 0.25) is 5.02 Å². The second kappa shape index (κ2) is 6.86. The van der Waals surface area contributed by atoms with E-state index < -0.39 is 10.8 Å². The lowest BCUT2D eigenvalue weighted by molar-refractivity contribution is 0.627. The maximum absolute atomic E-state index is 12.8. The molecule has 2 rings (SSSR count). The first-order chi connectivity index (χ1) is 9.54. The van der Waals surface area contributed by atoms with E-state index in [0.29, 0.717) is 17.3 Å². The number of hydrogen-bond acceptors (Lipinski definition) is 2. The Labute approximate surface area is 125 Å². The normalized spacial score (nSPS) is 12.2. The lowest BCUT2D eigenvalue weighted by atomic mass is 10.2. The van der Waals surface area contributed by atoms with Crippen molar-refractivity contribution < 1.29 is 8.60 Å². The van der Waals surface area contributed by atoms with Crippen LogP contribution in [0.4, 0.5) is 10.1 Å². The van der Waals surface area contributed by atoms with Gasteiger partial charge in [0.1, 0.15) is 5.82 Å². The van der Waals surface area contributed by atoms with Crippen LogP contribution in [0.5, 0.6) is 0 Å². The van der Waals surface area contributed by atoms with E-state index in [1.165, 1.54) is 12.1 Å². The second-order valence-electron chi connectivity index (χ2n) is 4.50. The van der Waals surface area contributed by atoms with Crippen molar-refractivity contribution in [3.8, 4) is 0 Å². The Morgan fingerprint density at radius 3 is 2.55 bits per heavy atom. The molecule has 0 spiro atoms. The highest BCUT2D eigenvalue weighted by Crippen LogP contribution is 2.22. The first-order valence-corrected chi connectivity index (χ1v) is 8.22. The molecule has 1 N–H and O–H groups in total. The van der Waals surface area contributed by atoms with Crippen LogP contribution < -0.4 is 5.32 Å². The fourth-order valence-electron chi connectivity index (χ4n) is 1.82. The number of halogens is 2. The van der Waals surface area contributed by atoms with Crippen molar-refractivity contribution in [3.05, 3.63) is 64.4 Å². The van der Waals surface area contributed by atoms with E-state index >= 15 is 0 Å². The topological polar surface area (TPSA) is 29.1 Å². The van der Waals surface area contributed by atoms with Crippen LogP contribution in [-0.4, -0.2) is 10.5 Å². The van der Waals surface area contributed by atoms with Gasteiger partial charge in [0, 0.05) is 40.1 Å². The van der Waals surface area contributed by atoms with Crippen molar-refractivity contribution in [3.63, 3.8) is 0 Å². The van der Waals surface area contributed by atoms with Gasteiger partial charge in [0.15, 0.2) is 0 Å². The third kappa shape index (κ3) is 4.32. The third-order valence-corrected chi connectivity index (χ3v) is 3.90. The minimum Gasteiger partial charge on any atom is -0.381 e. The van der Waals surface area contributed by atoms with Crippen molar-refractivity contribution in [1.82, 2.24) is 0 Å². The Hall–Kier alpha value is -1.39. The average molecular weight is 312 g/mol. The minimum absolute atomic E-state index is 0.243. The Balaban J connectivity index is 2.06. The Bertz CT molecular complexity index is 616. The van der Waals surface area contributed by atoms with Gasteiger partial charge in [-0.2, -0.15) is 0 Å². The highest BCUT2D eigenvalue weighted by atomic mass is 35.5. The van der Waals surface area contributed by atoms with Gasteiger partial charge in [-0.3, -0.25) is 4.21 Å². The largest absolute Gasteiger partial charge is 0.381 e. The fourth-order valence-corrected chi connectivity index (χ4v) is 2.76. The van der Waals surface area contributed by atoms with Crippen molar-refractivity contribution in [2.45, 2.75) is 12.3 Å². The highest BCUT2D eigenvalue weighted by molar-refractivity contribution is 7.83. The van der Waals surface area contributed by atoms with Gasteiger partial charge in [-0.1, -0.05) is 23.7 Å². The van der Waals surface area contributed by atoms with Gasteiger partial charge in [-0.25, -0.2) is 4.39 Å². The van der Waals surface area contributed by atoms with E-state index in [0.717, 1.165) is 16.8 Å². The maximum atomic E-state index is 12.8. The van der Waals surface area contributed by atoms with E-state index in [-0.39, 0.29) is 5.82 Å². The molecule has 0 aliphatic carbocycles. The summed E-state index contributed by atoms with van der Waals surface area (Å²) in [7, 11) is -0.932. The number of benzene rings is 2. The lowest BCUT2D eigenvalue weighted by Crippen LogP contribution is -2.01. The molecule has 0 aromatic heterocycles. The minimum atomic E-state index is -0.932. The molecule has 106 valence electrons. The molecule has 0 radical (unpaired) electrons. The highest BCUT2D eigenvalue weighted by Gasteiger charge is 2.04. The van der Waals surface area contributed by atoms with Crippen LogP contribution in [0.15, 0.2) is 42.5 Å². The molecule has 5 heteroatoms. The third-order valence-electron chi connectivity index (χ3n) is 2.81. The molecule has 0 saturated carbocycles. The van der Waals surface area contributed by atoms with Crippen LogP contribution >= 0.6 is 11.6 Å². The monoisotopic (exact) mass is 311 g/mol. The van der Waals surface area contributed by atoms with Crippen molar-refractivity contribution in [1.29, 1.82) is 0 Å². The summed E-state index contributed by atoms with van der Waals surface area (Å²) in [5.74, 6) is 0.193. The van der Waals surface area contributed by atoms with Gasteiger partial charge in [0.2, 0.25) is 0 Å². The molecule has 2 aromatic carbocycles. The molecule has 2 nitrogen and oxygen atoms in total. The number of nitrogens with one attached hydrogen (secondary N) is 1. The fraction of sp³-hybridized carbons (Fsp3) is 0.200. The molecule has 0 bridgehead atoms. The smallest absolute Gasteiger partial charge is 0.123 e. The summed E-state index contributed by atoms with van der Waals surface area (Å²) < 4.78 is 24.1. The van der Waals surface area contributed by atoms with Crippen molar-refractivity contribution in [2.24, 2.45) is 0 Å². The summed E-state index contributed by atoms with van der Waals surface area (Å²) in [4.78, 5) is 0. The zero-order valence-electron chi connectivity index (χ0n) is 11.0. The van der Waals surface area contributed by atoms with E-state index in [1.54, 1.807) is 24.5 Å². The van der Waals surface area contributed by atoms with Crippen LogP contribution in [-0.2, 0) is 23.1 Å². The predicted molar refractivity (Wildman–Crippen MR) is 82.9 cm³/mol. The number of hydrogen-bond donors (Lipinski definition) is 1. The predicted octanol–water partition coefficient (Wildman–Crippen LogP) is 3.97. The summed E-state index contributed by atoms with van der Waals surface area (Å²) in [5, 5.41) is 3.86. The van der Waals surface area contributed by atoms with Gasteiger partial charge >= 0.3 is 0 Å². The summed E-state index contributed by atoms with van der Waals surface area (Å²) in [6.45, 7) is 0.594. The molecule has 0 heterocycles.